The van der Waals surface area contributed by atoms with Crippen molar-refractivity contribution in [1.29, 1.82) is 0 Å². The molecule has 0 amide bonds. The molecule has 0 unspecified atom stereocenters. The molecule has 0 saturated heterocycles. The Morgan fingerprint density at radius 3 is 2.60 bits per heavy atom. The number of benzene rings is 1. The number of carbonyl (C=O) groups is 1. The van der Waals surface area contributed by atoms with Crippen LogP contribution in [-0.2, 0) is 13.0 Å². The molecule has 1 heterocycles. The topological polar surface area (TPSA) is 52.0 Å². The average molecular weight is 270 g/mol. The lowest BCUT2D eigenvalue weighted by atomic mass is 10.1. The Bertz CT molecular complexity index is 657. The summed E-state index contributed by atoms with van der Waals surface area (Å²) in [5.41, 5.74) is 2.30. The number of hydrogen-bond acceptors (Lipinski definition) is 3. The van der Waals surface area contributed by atoms with Gasteiger partial charge in [0.25, 0.3) is 0 Å². The first-order valence-electron chi connectivity index (χ1n) is 6.75. The normalized spacial score (nSPS) is 10.5. The molecule has 0 atom stereocenters. The highest BCUT2D eigenvalue weighted by Gasteiger charge is 2.08. The number of aryl methyl sites for hydroxylation is 2. The lowest BCUT2D eigenvalue weighted by Gasteiger charge is -2.06. The molecule has 1 aromatic carbocycles. The van der Waals surface area contributed by atoms with Crippen LogP contribution in [0.3, 0.4) is 0 Å². The molecule has 1 aromatic heterocycles. The standard InChI is InChI=1S/C16H18N2O2/c1-3-4-13-5-7-14(8-6-13)15(19)11-18-10-12(2)9-17-16(18)20/h5-10H,3-4,11H2,1-2H3. The molecular weight excluding hydrogens is 252 g/mol. The first kappa shape index (κ1) is 14.2. The SMILES string of the molecule is CCCc1ccc(C(=O)Cn2cc(C)cnc2=O)cc1. The van der Waals surface area contributed by atoms with Crippen LogP contribution in [0.2, 0.25) is 0 Å². The minimum atomic E-state index is -0.397. The minimum Gasteiger partial charge on any atom is -0.292 e. The number of hydrogen-bond donors (Lipinski definition) is 0. The van der Waals surface area contributed by atoms with E-state index in [0.717, 1.165) is 18.4 Å². The van der Waals surface area contributed by atoms with E-state index in [2.05, 4.69) is 11.9 Å². The van der Waals surface area contributed by atoms with E-state index in [4.69, 9.17) is 0 Å². The molecule has 4 heteroatoms. The largest absolute Gasteiger partial charge is 0.347 e. The maximum atomic E-state index is 12.2. The second kappa shape index (κ2) is 6.28. The Balaban J connectivity index is 2.15. The van der Waals surface area contributed by atoms with Crippen LogP contribution in [0.5, 0.6) is 0 Å². The third-order valence-corrected chi connectivity index (χ3v) is 3.11. The van der Waals surface area contributed by atoms with Gasteiger partial charge in [-0.3, -0.25) is 9.36 Å². The van der Waals surface area contributed by atoms with Crippen LogP contribution >= 0.6 is 0 Å². The van der Waals surface area contributed by atoms with Gasteiger partial charge in [-0.2, -0.15) is 0 Å². The molecule has 0 saturated carbocycles. The van der Waals surface area contributed by atoms with Gasteiger partial charge in [-0.05, 0) is 24.5 Å². The Labute approximate surface area is 118 Å². The summed E-state index contributed by atoms with van der Waals surface area (Å²) in [7, 11) is 0. The number of carbonyl (C=O) groups excluding carboxylic acids is 1. The van der Waals surface area contributed by atoms with Crippen molar-refractivity contribution in [3.05, 3.63) is 63.8 Å². The highest BCUT2D eigenvalue weighted by Crippen LogP contribution is 2.08. The van der Waals surface area contributed by atoms with E-state index in [0.29, 0.717) is 5.56 Å². The van der Waals surface area contributed by atoms with Crippen molar-refractivity contribution in [3.8, 4) is 0 Å². The van der Waals surface area contributed by atoms with Gasteiger partial charge in [-0.25, -0.2) is 9.78 Å². The fraction of sp³-hybridized carbons (Fsp3) is 0.312. The number of aromatic nitrogens is 2. The molecule has 2 aromatic rings. The van der Waals surface area contributed by atoms with Crippen molar-refractivity contribution < 1.29 is 4.79 Å². The molecule has 20 heavy (non-hydrogen) atoms. The summed E-state index contributed by atoms with van der Waals surface area (Å²) in [6.07, 6.45) is 5.24. The van der Waals surface area contributed by atoms with E-state index in [1.165, 1.54) is 16.3 Å². The lowest BCUT2D eigenvalue weighted by molar-refractivity contribution is 0.0970. The quantitative estimate of drug-likeness (QED) is 0.784. The van der Waals surface area contributed by atoms with E-state index in [9.17, 15) is 9.59 Å². The van der Waals surface area contributed by atoms with Gasteiger partial charge in [0.2, 0.25) is 0 Å². The molecule has 4 nitrogen and oxygen atoms in total. The first-order chi connectivity index (χ1) is 9.60. The van der Waals surface area contributed by atoms with E-state index >= 15 is 0 Å². The summed E-state index contributed by atoms with van der Waals surface area (Å²) in [4.78, 5) is 27.5. The molecule has 0 N–H and O–H groups in total. The first-order valence-corrected chi connectivity index (χ1v) is 6.75. The molecule has 0 spiro atoms. The summed E-state index contributed by atoms with van der Waals surface area (Å²) in [6, 6.07) is 7.57. The molecule has 0 aliphatic carbocycles. The number of ketones is 1. The van der Waals surface area contributed by atoms with Gasteiger partial charge in [0.05, 0.1) is 6.54 Å². The number of rotatable bonds is 5. The van der Waals surface area contributed by atoms with Gasteiger partial charge in [0, 0.05) is 18.0 Å². The molecule has 0 fully saturated rings. The monoisotopic (exact) mass is 270 g/mol. The van der Waals surface area contributed by atoms with Crippen LogP contribution in [0.25, 0.3) is 0 Å². The summed E-state index contributed by atoms with van der Waals surface area (Å²) < 4.78 is 1.34. The Hall–Kier alpha value is -2.23. The number of Topliss-reactive ketones (excluding diaryl/α,β-unsaturated/α-hetero) is 1. The second-order valence-electron chi connectivity index (χ2n) is 4.91. The van der Waals surface area contributed by atoms with Gasteiger partial charge in [-0.15, -0.1) is 0 Å². The highest BCUT2D eigenvalue weighted by atomic mass is 16.2. The van der Waals surface area contributed by atoms with Crippen molar-refractivity contribution in [3.63, 3.8) is 0 Å². The summed E-state index contributed by atoms with van der Waals surface area (Å²) >= 11 is 0. The van der Waals surface area contributed by atoms with E-state index in [-0.39, 0.29) is 12.3 Å². The average Bonchev–Trinajstić information content (AvgIpc) is 2.44. The molecule has 0 radical (unpaired) electrons. The predicted octanol–water partition coefficient (Wildman–Crippen LogP) is 2.39. The van der Waals surface area contributed by atoms with Gasteiger partial charge in [0.15, 0.2) is 5.78 Å². The molecule has 104 valence electrons. The molecule has 0 aliphatic rings. The third kappa shape index (κ3) is 3.41. The smallest absolute Gasteiger partial charge is 0.292 e. The van der Waals surface area contributed by atoms with Crippen molar-refractivity contribution in [2.75, 3.05) is 0 Å². The highest BCUT2D eigenvalue weighted by molar-refractivity contribution is 5.95. The minimum absolute atomic E-state index is 0.0284. The van der Waals surface area contributed by atoms with Crippen molar-refractivity contribution in [1.82, 2.24) is 9.55 Å². The molecular formula is C16H18N2O2. The van der Waals surface area contributed by atoms with Crippen LogP contribution in [0, 0.1) is 6.92 Å². The Morgan fingerprint density at radius 2 is 1.95 bits per heavy atom. The maximum absolute atomic E-state index is 12.2. The zero-order chi connectivity index (χ0) is 14.5. The van der Waals surface area contributed by atoms with Crippen molar-refractivity contribution >= 4 is 5.78 Å². The van der Waals surface area contributed by atoms with Crippen LogP contribution < -0.4 is 5.69 Å². The van der Waals surface area contributed by atoms with Gasteiger partial charge >= 0.3 is 5.69 Å². The molecule has 0 bridgehead atoms. The van der Waals surface area contributed by atoms with E-state index in [1.54, 1.807) is 6.20 Å². The van der Waals surface area contributed by atoms with Crippen molar-refractivity contribution in [2.45, 2.75) is 33.2 Å². The predicted molar refractivity (Wildman–Crippen MR) is 78.0 cm³/mol. The van der Waals surface area contributed by atoms with E-state index in [1.807, 2.05) is 31.2 Å². The Kier molecular flexibility index (Phi) is 4.45. The van der Waals surface area contributed by atoms with Crippen LogP contribution in [0.4, 0.5) is 0 Å². The van der Waals surface area contributed by atoms with Crippen LogP contribution in [0.15, 0.2) is 41.5 Å². The van der Waals surface area contributed by atoms with Gasteiger partial charge in [-0.1, -0.05) is 37.6 Å². The lowest BCUT2D eigenvalue weighted by Crippen LogP contribution is -2.26. The Morgan fingerprint density at radius 1 is 1.25 bits per heavy atom. The zero-order valence-electron chi connectivity index (χ0n) is 11.8. The number of nitrogens with zero attached hydrogens (tertiary/aromatic N) is 2. The second-order valence-corrected chi connectivity index (χ2v) is 4.91. The van der Waals surface area contributed by atoms with Crippen LogP contribution in [0.1, 0.15) is 34.8 Å². The summed E-state index contributed by atoms with van der Waals surface area (Å²) in [5, 5.41) is 0. The van der Waals surface area contributed by atoms with E-state index < -0.39 is 5.69 Å². The van der Waals surface area contributed by atoms with Crippen LogP contribution in [-0.4, -0.2) is 15.3 Å². The zero-order valence-corrected chi connectivity index (χ0v) is 11.8. The molecule has 0 aliphatic heterocycles. The summed E-state index contributed by atoms with van der Waals surface area (Å²) in [6.45, 7) is 3.99. The van der Waals surface area contributed by atoms with Gasteiger partial charge in [0.1, 0.15) is 0 Å². The fourth-order valence-corrected chi connectivity index (χ4v) is 2.07. The summed E-state index contributed by atoms with van der Waals surface area (Å²) in [5.74, 6) is -0.0810. The third-order valence-electron chi connectivity index (χ3n) is 3.11. The maximum Gasteiger partial charge on any atom is 0.347 e. The molecule has 2 rings (SSSR count). The van der Waals surface area contributed by atoms with Crippen molar-refractivity contribution in [2.24, 2.45) is 0 Å². The fourth-order valence-electron chi connectivity index (χ4n) is 2.07. The van der Waals surface area contributed by atoms with Gasteiger partial charge < -0.3 is 0 Å².